The summed E-state index contributed by atoms with van der Waals surface area (Å²) in [6, 6.07) is 11.4. The summed E-state index contributed by atoms with van der Waals surface area (Å²) in [6.45, 7) is 0.373. The minimum atomic E-state index is -0.0855. The van der Waals surface area contributed by atoms with Crippen LogP contribution in [0.1, 0.15) is 45.0 Å². The molecule has 144 valence electrons. The minimum Gasteiger partial charge on any atom is -0.497 e. The highest BCUT2D eigenvalue weighted by molar-refractivity contribution is 7.16. The van der Waals surface area contributed by atoms with Gasteiger partial charge in [-0.1, -0.05) is 0 Å². The smallest absolute Gasteiger partial charge is 0.255 e. The number of aliphatic imine (C=N–C) groups is 1. The van der Waals surface area contributed by atoms with Crippen molar-refractivity contribution in [3.8, 4) is 5.75 Å². The third kappa shape index (κ3) is 4.02. The van der Waals surface area contributed by atoms with Gasteiger partial charge in [0.1, 0.15) is 16.5 Å². The summed E-state index contributed by atoms with van der Waals surface area (Å²) in [7, 11) is 1.65. The third-order valence-corrected chi connectivity index (χ3v) is 6.03. The molecule has 0 saturated heterocycles. The van der Waals surface area contributed by atoms with Crippen LogP contribution >= 0.6 is 11.3 Å². The van der Waals surface area contributed by atoms with Gasteiger partial charge in [-0.25, -0.2) is 4.99 Å². The average Bonchev–Trinajstić information content (AvgIpc) is 3.38. The van der Waals surface area contributed by atoms with E-state index < -0.39 is 0 Å². The highest BCUT2D eigenvalue weighted by Crippen LogP contribution is 2.39. The Balaban J connectivity index is 1.59. The number of nitrogens with zero attached hydrogens (tertiary/aromatic N) is 1. The molecule has 0 spiro atoms. The fraction of sp³-hybridized carbons (Fsp3) is 0.273. The minimum absolute atomic E-state index is 0.0855. The number of benzene rings is 1. The summed E-state index contributed by atoms with van der Waals surface area (Å²) < 4.78 is 10.5. The number of carbonyl (C=O) groups excluding carboxylic acids is 1. The van der Waals surface area contributed by atoms with Gasteiger partial charge in [-0.15, -0.1) is 11.3 Å². The first-order valence-electron chi connectivity index (χ1n) is 9.38. The van der Waals surface area contributed by atoms with E-state index in [-0.39, 0.29) is 5.91 Å². The quantitative estimate of drug-likeness (QED) is 0.604. The Morgan fingerprint density at radius 3 is 2.82 bits per heavy atom. The van der Waals surface area contributed by atoms with Crippen LogP contribution in [0, 0.1) is 0 Å². The Kier molecular flexibility index (Phi) is 5.58. The van der Waals surface area contributed by atoms with Crippen LogP contribution in [0.15, 0.2) is 52.1 Å². The van der Waals surface area contributed by atoms with Gasteiger partial charge in [0.05, 0.1) is 25.5 Å². The summed E-state index contributed by atoms with van der Waals surface area (Å²) in [5, 5.41) is 3.75. The van der Waals surface area contributed by atoms with Crippen molar-refractivity contribution in [3.63, 3.8) is 0 Å². The molecule has 1 aliphatic carbocycles. The van der Waals surface area contributed by atoms with Crippen LogP contribution in [0.2, 0.25) is 0 Å². The van der Waals surface area contributed by atoms with Crippen LogP contribution in [0.4, 0.5) is 5.00 Å². The number of thiophene rings is 1. The van der Waals surface area contributed by atoms with Crippen molar-refractivity contribution in [3.05, 3.63) is 70.0 Å². The molecule has 1 N–H and O–H groups in total. The first-order valence-corrected chi connectivity index (χ1v) is 10.2. The second-order valence-corrected chi connectivity index (χ2v) is 7.77. The number of methoxy groups -OCH3 is 1. The summed E-state index contributed by atoms with van der Waals surface area (Å²) in [4.78, 5) is 18.9. The van der Waals surface area contributed by atoms with Gasteiger partial charge in [0.25, 0.3) is 5.91 Å². The van der Waals surface area contributed by atoms with E-state index in [2.05, 4.69) is 10.3 Å². The molecule has 28 heavy (non-hydrogen) atoms. The molecular formula is C22H22N2O3S. The molecule has 1 aromatic carbocycles. The zero-order valence-corrected chi connectivity index (χ0v) is 16.6. The molecule has 0 bridgehead atoms. The fourth-order valence-corrected chi connectivity index (χ4v) is 4.60. The Bertz CT molecular complexity index is 972. The SMILES string of the molecule is COc1ccc(/C=N\c2sc3c(c2C(=O)NCc2ccco2)CCCC3)cc1. The van der Waals surface area contributed by atoms with Crippen LogP contribution < -0.4 is 10.1 Å². The van der Waals surface area contributed by atoms with E-state index in [1.165, 1.54) is 11.3 Å². The topological polar surface area (TPSA) is 63.8 Å². The lowest BCUT2D eigenvalue weighted by atomic mass is 9.95. The number of hydrogen-bond acceptors (Lipinski definition) is 5. The lowest BCUT2D eigenvalue weighted by Gasteiger charge is -2.12. The number of carbonyl (C=O) groups is 1. The number of furan rings is 1. The van der Waals surface area contributed by atoms with Crippen molar-refractivity contribution in [1.29, 1.82) is 0 Å². The molecule has 2 aromatic heterocycles. The second-order valence-electron chi connectivity index (χ2n) is 6.68. The molecule has 6 heteroatoms. The van der Waals surface area contributed by atoms with Gasteiger partial charge < -0.3 is 14.5 Å². The van der Waals surface area contributed by atoms with Crippen LogP contribution in [0.5, 0.6) is 5.75 Å². The maximum absolute atomic E-state index is 13.0. The Hall–Kier alpha value is -2.86. The van der Waals surface area contributed by atoms with Crippen molar-refractivity contribution < 1.29 is 13.9 Å². The average molecular weight is 394 g/mol. The molecule has 1 amide bonds. The van der Waals surface area contributed by atoms with Gasteiger partial charge in [-0.2, -0.15) is 0 Å². The molecule has 0 saturated carbocycles. The van der Waals surface area contributed by atoms with Crippen LogP contribution in [0.3, 0.4) is 0 Å². The van der Waals surface area contributed by atoms with Gasteiger partial charge in [0.15, 0.2) is 0 Å². The zero-order valence-electron chi connectivity index (χ0n) is 15.7. The molecule has 5 nitrogen and oxygen atoms in total. The van der Waals surface area contributed by atoms with Gasteiger partial charge in [-0.05, 0) is 73.2 Å². The maximum Gasteiger partial charge on any atom is 0.255 e. The third-order valence-electron chi connectivity index (χ3n) is 4.83. The van der Waals surface area contributed by atoms with Gasteiger partial charge in [0.2, 0.25) is 0 Å². The van der Waals surface area contributed by atoms with Crippen molar-refractivity contribution in [1.82, 2.24) is 5.32 Å². The van der Waals surface area contributed by atoms with E-state index in [0.29, 0.717) is 6.54 Å². The Labute approximate surface area is 168 Å². The monoisotopic (exact) mass is 394 g/mol. The predicted molar refractivity (Wildman–Crippen MR) is 111 cm³/mol. The highest BCUT2D eigenvalue weighted by Gasteiger charge is 2.25. The Morgan fingerprint density at radius 1 is 1.25 bits per heavy atom. The number of fused-ring (bicyclic) bond motifs is 1. The lowest BCUT2D eigenvalue weighted by molar-refractivity contribution is 0.0948. The number of amides is 1. The standard InChI is InChI=1S/C22H22N2O3S/c1-26-16-10-8-15(9-11-16)13-24-22-20(18-6-2-3-7-19(18)28-22)21(25)23-14-17-5-4-12-27-17/h4-5,8-13H,2-3,6-7,14H2,1H3,(H,23,25)/b24-13-. The van der Waals surface area contributed by atoms with Crippen LogP contribution in [-0.2, 0) is 19.4 Å². The van der Waals surface area contributed by atoms with E-state index in [1.54, 1.807) is 30.9 Å². The van der Waals surface area contributed by atoms with E-state index in [1.807, 2.05) is 36.4 Å². The van der Waals surface area contributed by atoms with Crippen molar-refractivity contribution >= 4 is 28.5 Å². The first-order chi connectivity index (χ1) is 13.7. The summed E-state index contributed by atoms with van der Waals surface area (Å²) in [5.41, 5.74) is 2.85. The van der Waals surface area contributed by atoms with E-state index in [4.69, 9.17) is 9.15 Å². The molecule has 0 atom stereocenters. The van der Waals surface area contributed by atoms with Crippen LogP contribution in [-0.4, -0.2) is 19.2 Å². The van der Waals surface area contributed by atoms with Crippen molar-refractivity contribution in [2.24, 2.45) is 4.99 Å². The zero-order chi connectivity index (χ0) is 19.3. The Morgan fingerprint density at radius 2 is 2.07 bits per heavy atom. The molecule has 3 aromatic rings. The predicted octanol–water partition coefficient (Wildman–Crippen LogP) is 4.91. The number of aryl methyl sites for hydroxylation is 1. The maximum atomic E-state index is 13.0. The molecule has 2 heterocycles. The second kappa shape index (κ2) is 8.44. The molecule has 0 aliphatic heterocycles. The van der Waals surface area contributed by atoms with E-state index in [0.717, 1.165) is 52.5 Å². The summed E-state index contributed by atoms with van der Waals surface area (Å²) >= 11 is 1.63. The van der Waals surface area contributed by atoms with Gasteiger partial charge >= 0.3 is 0 Å². The van der Waals surface area contributed by atoms with Gasteiger partial charge in [0, 0.05) is 11.1 Å². The van der Waals surface area contributed by atoms with E-state index >= 15 is 0 Å². The van der Waals surface area contributed by atoms with E-state index in [9.17, 15) is 4.79 Å². The molecule has 1 aliphatic rings. The molecule has 0 fully saturated rings. The summed E-state index contributed by atoms with van der Waals surface area (Å²) in [6.07, 6.45) is 7.66. The number of ether oxygens (including phenoxy) is 1. The number of nitrogens with one attached hydrogen (secondary N) is 1. The largest absolute Gasteiger partial charge is 0.497 e. The number of hydrogen-bond donors (Lipinski definition) is 1. The molecule has 0 radical (unpaired) electrons. The van der Waals surface area contributed by atoms with Crippen molar-refractivity contribution in [2.45, 2.75) is 32.2 Å². The molecule has 0 unspecified atom stereocenters. The van der Waals surface area contributed by atoms with Gasteiger partial charge in [-0.3, -0.25) is 4.79 Å². The first kappa shape index (κ1) is 18.5. The highest BCUT2D eigenvalue weighted by atomic mass is 32.1. The summed E-state index contributed by atoms with van der Waals surface area (Å²) in [5.74, 6) is 1.46. The fourth-order valence-electron chi connectivity index (χ4n) is 3.37. The van der Waals surface area contributed by atoms with Crippen LogP contribution in [0.25, 0.3) is 0 Å². The molecular weight excluding hydrogens is 372 g/mol. The van der Waals surface area contributed by atoms with Crippen molar-refractivity contribution in [2.75, 3.05) is 7.11 Å². The number of rotatable bonds is 6. The lowest BCUT2D eigenvalue weighted by Crippen LogP contribution is -2.23. The normalized spacial score (nSPS) is 13.5. The molecule has 4 rings (SSSR count).